The average Bonchev–Trinajstić information content (AvgIpc) is 2.43. The van der Waals surface area contributed by atoms with Crippen molar-refractivity contribution in [3.05, 3.63) is 46.4 Å². The second-order valence-electron chi connectivity index (χ2n) is 4.42. The van der Waals surface area contributed by atoms with Gasteiger partial charge in [0.2, 0.25) is 0 Å². The number of hydrogen-bond donors (Lipinski definition) is 2. The van der Waals surface area contributed by atoms with E-state index in [2.05, 4.69) is 20.7 Å². The van der Waals surface area contributed by atoms with Gasteiger partial charge in [-0.1, -0.05) is 17.7 Å². The van der Waals surface area contributed by atoms with Crippen LogP contribution in [0, 0.1) is 6.92 Å². The van der Waals surface area contributed by atoms with Crippen LogP contribution >= 0.6 is 15.9 Å². The molecule has 5 nitrogen and oxygen atoms in total. The fourth-order valence-corrected chi connectivity index (χ4v) is 3.19. The van der Waals surface area contributed by atoms with Crippen LogP contribution in [-0.4, -0.2) is 20.6 Å². The maximum atomic E-state index is 12.3. The van der Waals surface area contributed by atoms with E-state index in [1.165, 1.54) is 25.3 Å². The second-order valence-corrected chi connectivity index (χ2v) is 6.96. The first kappa shape index (κ1) is 15.7. The number of phenolic OH excluding ortho intramolecular Hbond substituents is 1. The molecule has 0 spiro atoms. The van der Waals surface area contributed by atoms with Gasteiger partial charge in [0, 0.05) is 6.07 Å². The highest BCUT2D eigenvalue weighted by Crippen LogP contribution is 2.37. The van der Waals surface area contributed by atoms with E-state index in [4.69, 9.17) is 4.74 Å². The lowest BCUT2D eigenvalue weighted by Crippen LogP contribution is -2.13. The molecule has 0 bridgehead atoms. The van der Waals surface area contributed by atoms with Crippen molar-refractivity contribution >= 4 is 31.6 Å². The van der Waals surface area contributed by atoms with E-state index >= 15 is 0 Å². The van der Waals surface area contributed by atoms with Crippen LogP contribution in [0.25, 0.3) is 0 Å². The van der Waals surface area contributed by atoms with Crippen LogP contribution in [0.1, 0.15) is 5.56 Å². The molecule has 0 atom stereocenters. The van der Waals surface area contributed by atoms with Gasteiger partial charge in [-0.25, -0.2) is 8.42 Å². The van der Waals surface area contributed by atoms with E-state index in [9.17, 15) is 13.5 Å². The highest BCUT2D eigenvalue weighted by Gasteiger charge is 2.18. The maximum Gasteiger partial charge on any atom is 0.262 e. The van der Waals surface area contributed by atoms with Crippen molar-refractivity contribution < 1.29 is 18.3 Å². The zero-order valence-electron chi connectivity index (χ0n) is 11.4. The third kappa shape index (κ3) is 3.48. The lowest BCUT2D eigenvalue weighted by Gasteiger charge is -2.12. The summed E-state index contributed by atoms with van der Waals surface area (Å²) in [6.07, 6.45) is 0. The molecule has 0 saturated carbocycles. The number of benzene rings is 2. The number of aryl methyl sites for hydroxylation is 1. The summed E-state index contributed by atoms with van der Waals surface area (Å²) in [5.41, 5.74) is 1.00. The summed E-state index contributed by atoms with van der Waals surface area (Å²) in [6.45, 7) is 1.87. The van der Waals surface area contributed by atoms with Gasteiger partial charge < -0.3 is 9.84 Å². The molecule has 2 rings (SSSR count). The van der Waals surface area contributed by atoms with E-state index < -0.39 is 10.0 Å². The van der Waals surface area contributed by atoms with Crippen LogP contribution in [0.4, 0.5) is 5.69 Å². The van der Waals surface area contributed by atoms with Crippen LogP contribution in [0.3, 0.4) is 0 Å². The number of ether oxygens (including phenoxy) is 1. The number of nitrogens with one attached hydrogen (secondary N) is 1. The Hall–Kier alpha value is -1.73. The van der Waals surface area contributed by atoms with Crippen molar-refractivity contribution in [2.24, 2.45) is 0 Å². The minimum Gasteiger partial charge on any atom is -0.505 e. The number of rotatable bonds is 4. The molecule has 0 unspecified atom stereocenters. The summed E-state index contributed by atoms with van der Waals surface area (Å²) < 4.78 is 32.3. The predicted octanol–water partition coefficient (Wildman–Crippen LogP) is 3.27. The normalized spacial score (nSPS) is 11.2. The lowest BCUT2D eigenvalue weighted by atomic mass is 10.2. The van der Waals surface area contributed by atoms with Crippen molar-refractivity contribution in [1.29, 1.82) is 0 Å². The molecule has 21 heavy (non-hydrogen) atoms. The number of methoxy groups -OCH3 is 1. The maximum absolute atomic E-state index is 12.3. The Morgan fingerprint density at radius 3 is 2.38 bits per heavy atom. The van der Waals surface area contributed by atoms with Crippen LogP contribution in [-0.2, 0) is 10.0 Å². The molecule has 2 aromatic rings. The number of anilines is 1. The van der Waals surface area contributed by atoms with Crippen LogP contribution < -0.4 is 9.46 Å². The Balaban J connectivity index is 2.41. The molecule has 2 N–H and O–H groups in total. The fourth-order valence-electron chi connectivity index (χ4n) is 1.69. The Bertz CT molecular complexity index is 757. The highest BCUT2D eigenvalue weighted by atomic mass is 79.9. The van der Waals surface area contributed by atoms with Gasteiger partial charge in [0.05, 0.1) is 22.2 Å². The molecule has 0 heterocycles. The zero-order valence-corrected chi connectivity index (χ0v) is 13.8. The smallest absolute Gasteiger partial charge is 0.262 e. The van der Waals surface area contributed by atoms with Gasteiger partial charge in [0.15, 0.2) is 5.75 Å². The number of aromatic hydroxyl groups is 1. The Labute approximate surface area is 131 Å². The van der Waals surface area contributed by atoms with Crippen LogP contribution in [0.15, 0.2) is 45.8 Å². The predicted molar refractivity (Wildman–Crippen MR) is 84.3 cm³/mol. The van der Waals surface area contributed by atoms with Crippen molar-refractivity contribution in [2.75, 3.05) is 11.8 Å². The van der Waals surface area contributed by atoms with Gasteiger partial charge in [-0.05, 0) is 41.1 Å². The van der Waals surface area contributed by atoms with Crippen LogP contribution in [0.5, 0.6) is 11.5 Å². The van der Waals surface area contributed by atoms with E-state index in [0.717, 1.165) is 5.56 Å². The van der Waals surface area contributed by atoms with Gasteiger partial charge in [0.1, 0.15) is 5.75 Å². The largest absolute Gasteiger partial charge is 0.505 e. The molecule has 0 radical (unpaired) electrons. The van der Waals surface area contributed by atoms with Crippen molar-refractivity contribution in [3.63, 3.8) is 0 Å². The molecule has 2 aromatic carbocycles. The number of sulfonamides is 1. The third-order valence-electron chi connectivity index (χ3n) is 2.85. The molecular formula is C14H14BrNO4S. The van der Waals surface area contributed by atoms with Gasteiger partial charge in [0.25, 0.3) is 10.0 Å². The SMILES string of the molecule is COc1cc(Br)c(O)c(NS(=O)(=O)c2ccc(C)cc2)c1. The molecule has 0 aliphatic heterocycles. The minimum absolute atomic E-state index is 0.0433. The summed E-state index contributed by atoms with van der Waals surface area (Å²) in [4.78, 5) is 0.117. The van der Waals surface area contributed by atoms with Crippen molar-refractivity contribution in [2.45, 2.75) is 11.8 Å². The molecule has 0 aliphatic carbocycles. The fraction of sp³-hybridized carbons (Fsp3) is 0.143. The monoisotopic (exact) mass is 371 g/mol. The molecular weight excluding hydrogens is 358 g/mol. The zero-order chi connectivity index (χ0) is 15.6. The van der Waals surface area contributed by atoms with Crippen LogP contribution in [0.2, 0.25) is 0 Å². The number of halogens is 1. The molecule has 0 aromatic heterocycles. The number of phenols is 1. The first-order chi connectivity index (χ1) is 9.83. The topological polar surface area (TPSA) is 75.6 Å². The van der Waals surface area contributed by atoms with Gasteiger partial charge >= 0.3 is 0 Å². The first-order valence-corrected chi connectivity index (χ1v) is 8.27. The molecule has 7 heteroatoms. The summed E-state index contributed by atoms with van der Waals surface area (Å²) in [7, 11) is -2.33. The Morgan fingerprint density at radius 1 is 1.19 bits per heavy atom. The summed E-state index contributed by atoms with van der Waals surface area (Å²) in [5.74, 6) is 0.216. The molecule has 0 fully saturated rings. The van der Waals surface area contributed by atoms with Crippen molar-refractivity contribution in [1.82, 2.24) is 0 Å². The molecule has 112 valence electrons. The minimum atomic E-state index is -3.78. The molecule has 0 saturated heterocycles. The van der Waals surface area contributed by atoms with E-state index in [1.807, 2.05) is 6.92 Å². The summed E-state index contributed by atoms with van der Waals surface area (Å²) >= 11 is 3.15. The second kappa shape index (κ2) is 5.95. The first-order valence-electron chi connectivity index (χ1n) is 5.99. The van der Waals surface area contributed by atoms with E-state index in [0.29, 0.717) is 10.2 Å². The van der Waals surface area contributed by atoms with Crippen molar-refractivity contribution in [3.8, 4) is 11.5 Å². The van der Waals surface area contributed by atoms with E-state index in [1.54, 1.807) is 18.2 Å². The Kier molecular flexibility index (Phi) is 4.43. The third-order valence-corrected chi connectivity index (χ3v) is 4.83. The summed E-state index contributed by atoms with van der Waals surface area (Å²) in [6, 6.07) is 9.37. The molecule has 0 aliphatic rings. The quantitative estimate of drug-likeness (QED) is 0.808. The van der Waals surface area contributed by atoms with Gasteiger partial charge in [-0.15, -0.1) is 0 Å². The van der Waals surface area contributed by atoms with Gasteiger partial charge in [-0.2, -0.15) is 0 Å². The van der Waals surface area contributed by atoms with E-state index in [-0.39, 0.29) is 16.3 Å². The number of hydrogen-bond acceptors (Lipinski definition) is 4. The lowest BCUT2D eigenvalue weighted by molar-refractivity contribution is 0.412. The highest BCUT2D eigenvalue weighted by molar-refractivity contribution is 9.10. The standard InChI is InChI=1S/C14H14BrNO4S/c1-9-3-5-11(6-4-9)21(18,19)16-13-8-10(20-2)7-12(15)14(13)17/h3-8,16-17H,1-2H3. The van der Waals surface area contributed by atoms with Gasteiger partial charge in [-0.3, -0.25) is 4.72 Å². The summed E-state index contributed by atoms with van der Waals surface area (Å²) in [5, 5.41) is 9.94. The molecule has 0 amide bonds. The average molecular weight is 372 g/mol. The Morgan fingerprint density at radius 2 is 1.81 bits per heavy atom.